The number of carbonyl (C=O) groups excluding carboxylic acids is 3. The van der Waals surface area contributed by atoms with Crippen molar-refractivity contribution in [2.24, 2.45) is 0 Å². The molecule has 1 fully saturated rings. The van der Waals surface area contributed by atoms with Crippen LogP contribution >= 0.6 is 0 Å². The monoisotopic (exact) mass is 218 g/mol. The molecule has 0 aliphatic carbocycles. The molecule has 0 aromatic heterocycles. The third-order valence-corrected chi connectivity index (χ3v) is 2.43. The van der Waals surface area contributed by atoms with Crippen molar-refractivity contribution >= 4 is 23.5 Å². The van der Waals surface area contributed by atoms with Gasteiger partial charge in [-0.25, -0.2) is 9.69 Å². The van der Waals surface area contributed by atoms with Crippen LogP contribution in [0.2, 0.25) is 0 Å². The van der Waals surface area contributed by atoms with Crippen LogP contribution in [0, 0.1) is 0 Å². The maximum Gasteiger partial charge on any atom is 0.336 e. The number of nitrogens with one attached hydrogen (secondary N) is 1. The number of para-hydroxylation sites is 1. The van der Waals surface area contributed by atoms with Crippen molar-refractivity contribution < 1.29 is 14.4 Å². The maximum absolute atomic E-state index is 11.5. The van der Waals surface area contributed by atoms with Crippen LogP contribution in [-0.2, 0) is 16.0 Å². The summed E-state index contributed by atoms with van der Waals surface area (Å²) in [7, 11) is 0. The number of aryl methyl sites for hydroxylation is 1. The Labute approximate surface area is 92.0 Å². The predicted molar refractivity (Wildman–Crippen MR) is 56.8 cm³/mol. The Hall–Kier alpha value is -2.17. The number of benzene rings is 1. The molecule has 0 bridgehead atoms. The summed E-state index contributed by atoms with van der Waals surface area (Å²) in [5.41, 5.74) is 1.32. The molecule has 0 unspecified atom stereocenters. The summed E-state index contributed by atoms with van der Waals surface area (Å²) in [6.45, 7) is 1.92. The minimum atomic E-state index is -0.879. The highest BCUT2D eigenvalue weighted by atomic mass is 16.2. The topological polar surface area (TPSA) is 66.5 Å². The summed E-state index contributed by atoms with van der Waals surface area (Å²) >= 11 is 0. The normalized spacial score (nSPS) is 15.6. The van der Waals surface area contributed by atoms with Crippen LogP contribution in [0.1, 0.15) is 12.5 Å². The molecule has 1 aliphatic heterocycles. The summed E-state index contributed by atoms with van der Waals surface area (Å²) < 4.78 is 0. The fourth-order valence-corrected chi connectivity index (χ4v) is 1.65. The third-order valence-electron chi connectivity index (χ3n) is 2.43. The molecular weight excluding hydrogens is 208 g/mol. The molecule has 1 aromatic carbocycles. The van der Waals surface area contributed by atoms with Crippen LogP contribution in [0.15, 0.2) is 24.3 Å². The molecule has 2 rings (SSSR count). The molecule has 0 atom stereocenters. The van der Waals surface area contributed by atoms with Crippen molar-refractivity contribution in [2.75, 3.05) is 4.90 Å². The fourth-order valence-electron chi connectivity index (χ4n) is 1.65. The van der Waals surface area contributed by atoms with E-state index in [1.165, 1.54) is 0 Å². The van der Waals surface area contributed by atoms with E-state index in [0.717, 1.165) is 10.5 Å². The Morgan fingerprint density at radius 2 is 1.88 bits per heavy atom. The van der Waals surface area contributed by atoms with Gasteiger partial charge in [-0.3, -0.25) is 14.9 Å². The number of rotatable bonds is 2. The van der Waals surface area contributed by atoms with Crippen molar-refractivity contribution in [1.82, 2.24) is 5.32 Å². The van der Waals surface area contributed by atoms with Crippen LogP contribution in [0.5, 0.6) is 0 Å². The highest BCUT2D eigenvalue weighted by molar-refractivity contribution is 6.53. The van der Waals surface area contributed by atoms with Crippen LogP contribution in [0.25, 0.3) is 0 Å². The van der Waals surface area contributed by atoms with Gasteiger partial charge in [0.2, 0.25) is 0 Å². The Morgan fingerprint density at radius 3 is 2.44 bits per heavy atom. The van der Waals surface area contributed by atoms with Gasteiger partial charge in [-0.15, -0.1) is 0 Å². The van der Waals surface area contributed by atoms with E-state index in [0.29, 0.717) is 12.1 Å². The van der Waals surface area contributed by atoms with E-state index in [4.69, 9.17) is 0 Å². The Kier molecular flexibility index (Phi) is 2.44. The maximum atomic E-state index is 11.5. The number of hydrogen-bond donors (Lipinski definition) is 1. The standard InChI is InChI=1S/C11H10N2O3/c1-2-7-5-3-4-6-8(7)13-10(15)9(14)12-11(13)16/h3-6H,2H2,1H3,(H,12,14,16). The minimum Gasteiger partial charge on any atom is -0.269 e. The lowest BCUT2D eigenvalue weighted by Gasteiger charge is -2.14. The lowest BCUT2D eigenvalue weighted by Crippen LogP contribution is -2.31. The van der Waals surface area contributed by atoms with Gasteiger partial charge in [0.25, 0.3) is 0 Å². The summed E-state index contributed by atoms with van der Waals surface area (Å²) in [5, 5.41) is 1.96. The first-order chi connectivity index (χ1) is 7.65. The first kappa shape index (κ1) is 10.4. The Bertz CT molecular complexity index is 482. The lowest BCUT2D eigenvalue weighted by atomic mass is 10.1. The van der Waals surface area contributed by atoms with E-state index >= 15 is 0 Å². The van der Waals surface area contributed by atoms with Crippen molar-refractivity contribution in [3.8, 4) is 0 Å². The van der Waals surface area contributed by atoms with Crippen LogP contribution < -0.4 is 10.2 Å². The van der Waals surface area contributed by atoms with E-state index in [1.54, 1.807) is 12.1 Å². The third kappa shape index (κ3) is 1.46. The van der Waals surface area contributed by atoms with E-state index < -0.39 is 17.8 Å². The van der Waals surface area contributed by atoms with Crippen LogP contribution in [-0.4, -0.2) is 17.8 Å². The molecular formula is C11H10N2O3. The van der Waals surface area contributed by atoms with E-state index in [9.17, 15) is 14.4 Å². The average Bonchev–Trinajstić information content (AvgIpc) is 2.53. The molecule has 0 radical (unpaired) electrons. The second kappa shape index (κ2) is 3.77. The number of amides is 4. The second-order valence-corrected chi connectivity index (χ2v) is 3.38. The molecule has 82 valence electrons. The predicted octanol–water partition coefficient (Wildman–Crippen LogP) is 0.832. The van der Waals surface area contributed by atoms with Gasteiger partial charge in [0, 0.05) is 0 Å². The van der Waals surface area contributed by atoms with Gasteiger partial charge in [-0.05, 0) is 18.1 Å². The quantitative estimate of drug-likeness (QED) is 0.590. The summed E-state index contributed by atoms with van der Waals surface area (Å²) in [5.74, 6) is -1.71. The zero-order valence-electron chi connectivity index (χ0n) is 8.69. The van der Waals surface area contributed by atoms with Crippen molar-refractivity contribution in [3.05, 3.63) is 29.8 Å². The van der Waals surface area contributed by atoms with Gasteiger partial charge in [-0.1, -0.05) is 25.1 Å². The molecule has 1 aliphatic rings. The number of carbonyl (C=O) groups is 3. The van der Waals surface area contributed by atoms with Crippen LogP contribution in [0.3, 0.4) is 0 Å². The number of anilines is 1. The summed E-state index contributed by atoms with van der Waals surface area (Å²) in [4.78, 5) is 34.8. The number of nitrogens with zero attached hydrogens (tertiary/aromatic N) is 1. The van der Waals surface area contributed by atoms with Crippen molar-refractivity contribution in [1.29, 1.82) is 0 Å². The van der Waals surface area contributed by atoms with Gasteiger partial charge >= 0.3 is 17.8 Å². The second-order valence-electron chi connectivity index (χ2n) is 3.38. The Morgan fingerprint density at radius 1 is 1.19 bits per heavy atom. The van der Waals surface area contributed by atoms with Gasteiger partial charge < -0.3 is 0 Å². The van der Waals surface area contributed by atoms with Gasteiger partial charge in [0.05, 0.1) is 5.69 Å². The highest BCUT2D eigenvalue weighted by Crippen LogP contribution is 2.23. The zero-order chi connectivity index (χ0) is 11.7. The molecule has 5 nitrogen and oxygen atoms in total. The van der Waals surface area contributed by atoms with E-state index in [-0.39, 0.29) is 0 Å². The molecule has 16 heavy (non-hydrogen) atoms. The number of imide groups is 2. The van der Waals surface area contributed by atoms with E-state index in [1.807, 2.05) is 24.4 Å². The number of urea groups is 1. The fraction of sp³-hybridized carbons (Fsp3) is 0.182. The largest absolute Gasteiger partial charge is 0.336 e. The molecule has 5 heteroatoms. The molecule has 1 saturated heterocycles. The first-order valence-electron chi connectivity index (χ1n) is 4.92. The molecule has 0 spiro atoms. The smallest absolute Gasteiger partial charge is 0.269 e. The molecule has 1 N–H and O–H groups in total. The molecule has 1 heterocycles. The Balaban J connectivity index is 2.48. The number of hydrogen-bond acceptors (Lipinski definition) is 3. The highest BCUT2D eigenvalue weighted by Gasteiger charge is 2.38. The van der Waals surface area contributed by atoms with Crippen molar-refractivity contribution in [2.45, 2.75) is 13.3 Å². The summed E-state index contributed by atoms with van der Waals surface area (Å²) in [6, 6.07) is 6.32. The lowest BCUT2D eigenvalue weighted by molar-refractivity contribution is -0.134. The average molecular weight is 218 g/mol. The molecule has 4 amide bonds. The van der Waals surface area contributed by atoms with Gasteiger partial charge in [-0.2, -0.15) is 0 Å². The van der Waals surface area contributed by atoms with Crippen LogP contribution in [0.4, 0.5) is 10.5 Å². The minimum absolute atomic E-state index is 0.471. The zero-order valence-corrected chi connectivity index (χ0v) is 8.69. The SMILES string of the molecule is CCc1ccccc1N1C(=O)NC(=O)C1=O. The van der Waals surface area contributed by atoms with Gasteiger partial charge in [0.15, 0.2) is 0 Å². The summed E-state index contributed by atoms with van der Waals surface area (Å²) in [6.07, 6.45) is 0.682. The van der Waals surface area contributed by atoms with E-state index in [2.05, 4.69) is 0 Å². The first-order valence-corrected chi connectivity index (χ1v) is 4.92. The molecule has 0 saturated carbocycles. The van der Waals surface area contributed by atoms with Crippen molar-refractivity contribution in [3.63, 3.8) is 0 Å². The molecule has 1 aromatic rings. The van der Waals surface area contributed by atoms with Gasteiger partial charge in [0.1, 0.15) is 0 Å².